The number of amides is 1. The van der Waals surface area contributed by atoms with E-state index in [1.54, 1.807) is 36.4 Å². The lowest BCUT2D eigenvalue weighted by molar-refractivity contribution is 0.102. The highest BCUT2D eigenvalue weighted by atomic mass is 35.5. The molecule has 21 heavy (non-hydrogen) atoms. The Kier molecular flexibility index (Phi) is 4.94. The summed E-state index contributed by atoms with van der Waals surface area (Å²) in [6.07, 6.45) is 0. The minimum absolute atomic E-state index is 0.347. The number of carbonyl (C=O) groups is 1. The van der Waals surface area contributed by atoms with Gasteiger partial charge >= 0.3 is 0 Å². The van der Waals surface area contributed by atoms with Crippen LogP contribution in [0.25, 0.3) is 0 Å². The van der Waals surface area contributed by atoms with Crippen LogP contribution in [0, 0.1) is 0 Å². The summed E-state index contributed by atoms with van der Waals surface area (Å²) < 4.78 is 10.3. The lowest BCUT2D eigenvalue weighted by atomic mass is 10.2. The SMILES string of the molecule is COc1cc(OC)c(NC(=O)c2ccccc2Cl)cc1Cl. The Bertz CT molecular complexity index is 674. The molecule has 2 aromatic carbocycles. The molecule has 0 aliphatic heterocycles. The predicted octanol–water partition coefficient (Wildman–Crippen LogP) is 4.26. The smallest absolute Gasteiger partial charge is 0.257 e. The van der Waals surface area contributed by atoms with Crippen LogP contribution >= 0.6 is 23.2 Å². The first kappa shape index (κ1) is 15.5. The van der Waals surface area contributed by atoms with E-state index in [-0.39, 0.29) is 5.91 Å². The molecule has 0 aliphatic carbocycles. The molecule has 0 aromatic heterocycles. The zero-order valence-corrected chi connectivity index (χ0v) is 13.0. The van der Waals surface area contributed by atoms with Crippen molar-refractivity contribution in [1.82, 2.24) is 0 Å². The second-order valence-corrected chi connectivity index (χ2v) is 4.94. The predicted molar refractivity (Wildman–Crippen MR) is 84.0 cm³/mol. The van der Waals surface area contributed by atoms with E-state index in [2.05, 4.69) is 5.32 Å². The van der Waals surface area contributed by atoms with Gasteiger partial charge in [-0.1, -0.05) is 35.3 Å². The van der Waals surface area contributed by atoms with Gasteiger partial charge in [0.1, 0.15) is 11.5 Å². The Balaban J connectivity index is 2.33. The van der Waals surface area contributed by atoms with Crippen molar-refractivity contribution in [2.24, 2.45) is 0 Å². The van der Waals surface area contributed by atoms with Crippen LogP contribution in [0.15, 0.2) is 36.4 Å². The van der Waals surface area contributed by atoms with Crippen LogP contribution in [-0.2, 0) is 0 Å². The van der Waals surface area contributed by atoms with Crippen molar-refractivity contribution < 1.29 is 14.3 Å². The van der Waals surface area contributed by atoms with Crippen molar-refractivity contribution >= 4 is 34.8 Å². The van der Waals surface area contributed by atoms with Crippen molar-refractivity contribution in [1.29, 1.82) is 0 Å². The van der Waals surface area contributed by atoms with Crippen molar-refractivity contribution in [3.8, 4) is 11.5 Å². The minimum atomic E-state index is -0.347. The molecule has 0 saturated heterocycles. The van der Waals surface area contributed by atoms with E-state index in [0.717, 1.165) is 0 Å². The Hall–Kier alpha value is -1.91. The molecular formula is C15H13Cl2NO3. The lowest BCUT2D eigenvalue weighted by Gasteiger charge is -2.13. The Morgan fingerprint density at radius 2 is 1.67 bits per heavy atom. The van der Waals surface area contributed by atoms with Crippen LogP contribution < -0.4 is 14.8 Å². The van der Waals surface area contributed by atoms with E-state index in [1.807, 2.05) is 0 Å². The first-order chi connectivity index (χ1) is 10.1. The number of hydrogen-bond acceptors (Lipinski definition) is 3. The molecule has 2 rings (SSSR count). The number of hydrogen-bond donors (Lipinski definition) is 1. The molecule has 4 nitrogen and oxygen atoms in total. The highest BCUT2D eigenvalue weighted by molar-refractivity contribution is 6.34. The summed E-state index contributed by atoms with van der Waals surface area (Å²) >= 11 is 12.1. The van der Waals surface area contributed by atoms with Gasteiger partial charge in [0.2, 0.25) is 0 Å². The first-order valence-corrected chi connectivity index (χ1v) is 6.79. The molecule has 0 radical (unpaired) electrons. The zero-order valence-electron chi connectivity index (χ0n) is 11.4. The third-order valence-corrected chi connectivity index (χ3v) is 3.47. The Morgan fingerprint density at radius 3 is 2.29 bits per heavy atom. The molecule has 0 unspecified atom stereocenters. The van der Waals surface area contributed by atoms with Gasteiger partial charge in [-0.2, -0.15) is 0 Å². The number of nitrogens with one attached hydrogen (secondary N) is 1. The Morgan fingerprint density at radius 1 is 1.00 bits per heavy atom. The summed E-state index contributed by atoms with van der Waals surface area (Å²) in [4.78, 5) is 12.2. The van der Waals surface area contributed by atoms with Gasteiger partial charge in [0, 0.05) is 6.07 Å². The first-order valence-electron chi connectivity index (χ1n) is 6.04. The normalized spacial score (nSPS) is 10.1. The molecule has 0 saturated carbocycles. The maximum Gasteiger partial charge on any atom is 0.257 e. The standard InChI is InChI=1S/C15H13Cl2NO3/c1-20-13-8-14(21-2)12(7-11(13)17)18-15(19)9-5-3-4-6-10(9)16/h3-8H,1-2H3,(H,18,19). The Labute approximate surface area is 132 Å². The third kappa shape index (κ3) is 3.40. The summed E-state index contributed by atoms with van der Waals surface area (Å²) in [5, 5.41) is 3.46. The molecular weight excluding hydrogens is 313 g/mol. The van der Waals surface area contributed by atoms with E-state index in [9.17, 15) is 4.79 Å². The monoisotopic (exact) mass is 325 g/mol. The fourth-order valence-corrected chi connectivity index (χ4v) is 2.26. The van der Waals surface area contributed by atoms with Gasteiger partial charge in [0.25, 0.3) is 5.91 Å². The zero-order chi connectivity index (χ0) is 15.4. The highest BCUT2D eigenvalue weighted by Crippen LogP contribution is 2.36. The van der Waals surface area contributed by atoms with E-state index in [0.29, 0.717) is 32.8 Å². The maximum atomic E-state index is 12.2. The average Bonchev–Trinajstić information content (AvgIpc) is 2.48. The van der Waals surface area contributed by atoms with Crippen LogP contribution in [0.5, 0.6) is 11.5 Å². The van der Waals surface area contributed by atoms with Gasteiger partial charge in [-0.05, 0) is 18.2 Å². The van der Waals surface area contributed by atoms with E-state index in [1.165, 1.54) is 14.2 Å². The van der Waals surface area contributed by atoms with Crippen molar-refractivity contribution in [3.63, 3.8) is 0 Å². The van der Waals surface area contributed by atoms with E-state index >= 15 is 0 Å². The molecule has 0 fully saturated rings. The molecule has 0 spiro atoms. The molecule has 0 bridgehead atoms. The second kappa shape index (κ2) is 6.70. The van der Waals surface area contributed by atoms with E-state index < -0.39 is 0 Å². The molecule has 110 valence electrons. The number of carbonyl (C=O) groups excluding carboxylic acids is 1. The second-order valence-electron chi connectivity index (χ2n) is 4.12. The molecule has 0 atom stereocenters. The summed E-state index contributed by atoms with van der Waals surface area (Å²) in [5.41, 5.74) is 0.807. The van der Waals surface area contributed by atoms with Gasteiger partial charge < -0.3 is 14.8 Å². The summed E-state index contributed by atoms with van der Waals surface area (Å²) in [6, 6.07) is 9.94. The summed E-state index contributed by atoms with van der Waals surface area (Å²) in [5.74, 6) is 0.557. The number of anilines is 1. The minimum Gasteiger partial charge on any atom is -0.495 e. The van der Waals surface area contributed by atoms with Crippen molar-refractivity contribution in [2.45, 2.75) is 0 Å². The summed E-state index contributed by atoms with van der Waals surface area (Å²) in [7, 11) is 3.00. The van der Waals surface area contributed by atoms with Gasteiger partial charge in [-0.3, -0.25) is 4.79 Å². The third-order valence-electron chi connectivity index (χ3n) is 2.84. The van der Waals surface area contributed by atoms with Crippen LogP contribution in [-0.4, -0.2) is 20.1 Å². The fraction of sp³-hybridized carbons (Fsp3) is 0.133. The topological polar surface area (TPSA) is 47.6 Å². The number of methoxy groups -OCH3 is 2. The molecule has 0 heterocycles. The van der Waals surface area contributed by atoms with E-state index in [4.69, 9.17) is 32.7 Å². The molecule has 1 N–H and O–H groups in total. The quantitative estimate of drug-likeness (QED) is 0.913. The van der Waals surface area contributed by atoms with Crippen LogP contribution in [0.1, 0.15) is 10.4 Å². The summed E-state index contributed by atoms with van der Waals surface area (Å²) in [6.45, 7) is 0. The van der Waals surface area contributed by atoms with Gasteiger partial charge in [0.05, 0.1) is 35.5 Å². The maximum absolute atomic E-state index is 12.2. The number of halogens is 2. The number of ether oxygens (including phenoxy) is 2. The average molecular weight is 326 g/mol. The van der Waals surface area contributed by atoms with Crippen molar-refractivity contribution in [2.75, 3.05) is 19.5 Å². The van der Waals surface area contributed by atoms with Crippen LogP contribution in [0.3, 0.4) is 0 Å². The largest absolute Gasteiger partial charge is 0.495 e. The van der Waals surface area contributed by atoms with Gasteiger partial charge in [-0.15, -0.1) is 0 Å². The lowest BCUT2D eigenvalue weighted by Crippen LogP contribution is -2.13. The fourth-order valence-electron chi connectivity index (χ4n) is 1.79. The number of benzene rings is 2. The van der Waals surface area contributed by atoms with Gasteiger partial charge in [-0.25, -0.2) is 0 Å². The molecule has 6 heteroatoms. The highest BCUT2D eigenvalue weighted by Gasteiger charge is 2.15. The molecule has 2 aromatic rings. The number of rotatable bonds is 4. The van der Waals surface area contributed by atoms with Crippen LogP contribution in [0.4, 0.5) is 5.69 Å². The van der Waals surface area contributed by atoms with Gasteiger partial charge in [0.15, 0.2) is 0 Å². The van der Waals surface area contributed by atoms with Crippen molar-refractivity contribution in [3.05, 3.63) is 52.0 Å². The molecule has 0 aliphatic rings. The molecule has 1 amide bonds. The van der Waals surface area contributed by atoms with Crippen LogP contribution in [0.2, 0.25) is 10.0 Å².